The molecule has 0 aliphatic heterocycles. The number of para-hydroxylation sites is 1. The van der Waals surface area contributed by atoms with Crippen molar-refractivity contribution in [3.05, 3.63) is 36.0 Å². The predicted octanol–water partition coefficient (Wildman–Crippen LogP) is 2.71. The largest absolute Gasteiger partial charge is 0.389 e. The number of aliphatic hydroxyl groups excluding tert-OH is 1. The van der Waals surface area contributed by atoms with Crippen molar-refractivity contribution < 1.29 is 5.11 Å². The SMILES string of the molecule is CCn1cc(C(C)O)c2ccccc21. The van der Waals surface area contributed by atoms with Crippen LogP contribution in [0.5, 0.6) is 0 Å². The van der Waals surface area contributed by atoms with Crippen LogP contribution in [0.15, 0.2) is 30.5 Å². The molecule has 0 saturated carbocycles. The summed E-state index contributed by atoms with van der Waals surface area (Å²) in [7, 11) is 0. The van der Waals surface area contributed by atoms with Crippen molar-refractivity contribution in [2.75, 3.05) is 0 Å². The number of hydrogen-bond acceptors (Lipinski definition) is 1. The molecule has 0 saturated heterocycles. The van der Waals surface area contributed by atoms with Gasteiger partial charge in [0.25, 0.3) is 0 Å². The molecule has 1 aromatic carbocycles. The zero-order valence-corrected chi connectivity index (χ0v) is 8.57. The first kappa shape index (κ1) is 9.28. The normalized spacial score (nSPS) is 13.4. The molecule has 1 N–H and O–H groups in total. The summed E-state index contributed by atoms with van der Waals surface area (Å²) in [4.78, 5) is 0. The quantitative estimate of drug-likeness (QED) is 0.772. The van der Waals surface area contributed by atoms with Crippen LogP contribution in [-0.2, 0) is 6.54 Å². The summed E-state index contributed by atoms with van der Waals surface area (Å²) in [6.45, 7) is 4.85. The molecule has 0 amide bonds. The zero-order chi connectivity index (χ0) is 10.1. The smallest absolute Gasteiger partial charge is 0.0782 e. The van der Waals surface area contributed by atoms with E-state index in [0.717, 1.165) is 17.5 Å². The molecule has 0 bridgehead atoms. The average molecular weight is 189 g/mol. The second-order valence-corrected chi connectivity index (χ2v) is 3.56. The number of aryl methyl sites for hydroxylation is 1. The van der Waals surface area contributed by atoms with Gasteiger partial charge in [0.2, 0.25) is 0 Å². The number of nitrogens with zero attached hydrogens (tertiary/aromatic N) is 1. The lowest BCUT2D eigenvalue weighted by Gasteiger charge is -2.00. The number of fused-ring (bicyclic) bond motifs is 1. The van der Waals surface area contributed by atoms with Gasteiger partial charge in [0.15, 0.2) is 0 Å². The van der Waals surface area contributed by atoms with Gasteiger partial charge >= 0.3 is 0 Å². The van der Waals surface area contributed by atoms with Crippen LogP contribution in [0.2, 0.25) is 0 Å². The summed E-state index contributed by atoms with van der Waals surface area (Å²) in [5.74, 6) is 0. The van der Waals surface area contributed by atoms with Gasteiger partial charge in [0.1, 0.15) is 0 Å². The van der Waals surface area contributed by atoms with Crippen molar-refractivity contribution in [3.8, 4) is 0 Å². The maximum Gasteiger partial charge on any atom is 0.0782 e. The summed E-state index contributed by atoms with van der Waals surface area (Å²) in [6.07, 6.45) is 1.64. The van der Waals surface area contributed by atoms with Gasteiger partial charge in [-0.3, -0.25) is 0 Å². The molecule has 1 aromatic heterocycles. The van der Waals surface area contributed by atoms with Gasteiger partial charge in [-0.1, -0.05) is 18.2 Å². The second-order valence-electron chi connectivity index (χ2n) is 3.56. The molecule has 1 unspecified atom stereocenters. The van der Waals surface area contributed by atoms with E-state index in [1.54, 1.807) is 0 Å². The van der Waals surface area contributed by atoms with Crippen LogP contribution < -0.4 is 0 Å². The first-order chi connectivity index (χ1) is 6.74. The summed E-state index contributed by atoms with van der Waals surface area (Å²) < 4.78 is 2.16. The van der Waals surface area contributed by atoms with Crippen molar-refractivity contribution in [2.24, 2.45) is 0 Å². The standard InChI is InChI=1S/C12H15NO/c1-3-13-8-11(9(2)14)10-6-4-5-7-12(10)13/h4-9,14H,3H2,1-2H3. The van der Waals surface area contributed by atoms with Gasteiger partial charge in [-0.2, -0.15) is 0 Å². The van der Waals surface area contributed by atoms with Gasteiger partial charge < -0.3 is 9.67 Å². The summed E-state index contributed by atoms with van der Waals surface area (Å²) in [5, 5.41) is 10.8. The second kappa shape index (κ2) is 3.46. The minimum atomic E-state index is -0.396. The van der Waals surface area contributed by atoms with E-state index in [1.165, 1.54) is 5.52 Å². The molecule has 0 aliphatic rings. The van der Waals surface area contributed by atoms with Crippen LogP contribution >= 0.6 is 0 Å². The molecule has 0 spiro atoms. The molecule has 14 heavy (non-hydrogen) atoms. The predicted molar refractivity (Wildman–Crippen MR) is 58.2 cm³/mol. The van der Waals surface area contributed by atoms with E-state index in [0.29, 0.717) is 0 Å². The van der Waals surface area contributed by atoms with Crippen molar-refractivity contribution in [1.29, 1.82) is 0 Å². The van der Waals surface area contributed by atoms with Gasteiger partial charge in [-0.05, 0) is 19.9 Å². The molecule has 74 valence electrons. The lowest BCUT2D eigenvalue weighted by atomic mass is 10.1. The molecule has 2 rings (SSSR count). The third kappa shape index (κ3) is 1.32. The first-order valence-corrected chi connectivity index (χ1v) is 5.00. The molecule has 2 heteroatoms. The van der Waals surface area contributed by atoms with Crippen LogP contribution in [0.25, 0.3) is 10.9 Å². The summed E-state index contributed by atoms with van der Waals surface area (Å²) >= 11 is 0. The fourth-order valence-corrected chi connectivity index (χ4v) is 1.87. The number of aromatic nitrogens is 1. The Morgan fingerprint density at radius 2 is 2.07 bits per heavy atom. The minimum absolute atomic E-state index is 0.396. The third-order valence-corrected chi connectivity index (χ3v) is 2.61. The Kier molecular flexibility index (Phi) is 2.30. The van der Waals surface area contributed by atoms with Crippen molar-refractivity contribution in [1.82, 2.24) is 4.57 Å². The summed E-state index contributed by atoms with van der Waals surface area (Å²) in [6, 6.07) is 8.18. The van der Waals surface area contributed by atoms with Gasteiger partial charge in [0.05, 0.1) is 6.10 Å². The molecule has 1 atom stereocenters. The van der Waals surface area contributed by atoms with Gasteiger partial charge in [-0.25, -0.2) is 0 Å². The van der Waals surface area contributed by atoms with E-state index in [4.69, 9.17) is 0 Å². The Morgan fingerprint density at radius 1 is 1.36 bits per heavy atom. The highest BCUT2D eigenvalue weighted by atomic mass is 16.3. The van der Waals surface area contributed by atoms with E-state index in [9.17, 15) is 5.11 Å². The van der Waals surface area contributed by atoms with E-state index >= 15 is 0 Å². The molecule has 0 fully saturated rings. The lowest BCUT2D eigenvalue weighted by Crippen LogP contribution is -1.91. The van der Waals surface area contributed by atoms with Crippen LogP contribution in [0.3, 0.4) is 0 Å². The highest BCUT2D eigenvalue weighted by molar-refractivity contribution is 5.84. The number of aliphatic hydroxyl groups is 1. The number of benzene rings is 1. The monoisotopic (exact) mass is 189 g/mol. The van der Waals surface area contributed by atoms with E-state index < -0.39 is 6.10 Å². The van der Waals surface area contributed by atoms with Crippen LogP contribution in [0.1, 0.15) is 25.5 Å². The third-order valence-electron chi connectivity index (χ3n) is 2.61. The fourth-order valence-electron chi connectivity index (χ4n) is 1.87. The summed E-state index contributed by atoms with van der Waals surface area (Å²) in [5.41, 5.74) is 2.22. The highest BCUT2D eigenvalue weighted by Gasteiger charge is 2.10. The molecule has 0 radical (unpaired) electrons. The number of hydrogen-bond donors (Lipinski definition) is 1. The van der Waals surface area contributed by atoms with Crippen molar-refractivity contribution >= 4 is 10.9 Å². The first-order valence-electron chi connectivity index (χ1n) is 5.00. The maximum atomic E-state index is 9.62. The fraction of sp³-hybridized carbons (Fsp3) is 0.333. The van der Waals surface area contributed by atoms with Crippen LogP contribution in [0, 0.1) is 0 Å². The van der Waals surface area contributed by atoms with Crippen molar-refractivity contribution in [2.45, 2.75) is 26.5 Å². The van der Waals surface area contributed by atoms with Crippen LogP contribution in [0.4, 0.5) is 0 Å². The minimum Gasteiger partial charge on any atom is -0.389 e. The van der Waals surface area contributed by atoms with Crippen molar-refractivity contribution in [3.63, 3.8) is 0 Å². The zero-order valence-electron chi connectivity index (χ0n) is 8.57. The molecule has 1 heterocycles. The molecule has 2 aromatic rings. The van der Waals surface area contributed by atoms with Crippen LogP contribution in [-0.4, -0.2) is 9.67 Å². The van der Waals surface area contributed by atoms with Gasteiger partial charge in [0, 0.05) is 29.2 Å². The Labute approximate surface area is 83.8 Å². The Hall–Kier alpha value is -1.28. The molecule has 2 nitrogen and oxygen atoms in total. The topological polar surface area (TPSA) is 25.2 Å². The lowest BCUT2D eigenvalue weighted by molar-refractivity contribution is 0.200. The molecular weight excluding hydrogens is 174 g/mol. The highest BCUT2D eigenvalue weighted by Crippen LogP contribution is 2.25. The Bertz CT molecular complexity index is 443. The van der Waals surface area contributed by atoms with E-state index in [2.05, 4.69) is 23.6 Å². The van der Waals surface area contributed by atoms with E-state index in [1.807, 2.05) is 25.3 Å². The number of rotatable bonds is 2. The maximum absolute atomic E-state index is 9.62. The van der Waals surface area contributed by atoms with E-state index in [-0.39, 0.29) is 0 Å². The Morgan fingerprint density at radius 3 is 2.71 bits per heavy atom. The Balaban J connectivity index is 2.73. The van der Waals surface area contributed by atoms with Gasteiger partial charge in [-0.15, -0.1) is 0 Å². The average Bonchev–Trinajstić information content (AvgIpc) is 2.56. The molecular formula is C12H15NO. The molecule has 0 aliphatic carbocycles.